The molecule has 0 bridgehead atoms. The summed E-state index contributed by atoms with van der Waals surface area (Å²) in [6.07, 6.45) is 1.34. The molecule has 0 spiro atoms. The molecule has 2 aliphatic rings. The van der Waals surface area contributed by atoms with E-state index in [4.69, 9.17) is 4.74 Å². The van der Waals surface area contributed by atoms with Crippen LogP contribution < -0.4 is 10.7 Å². The molecular formula is C32H34BrFN6O4. The van der Waals surface area contributed by atoms with Gasteiger partial charge in [-0.3, -0.25) is 24.2 Å². The monoisotopic (exact) mass is 664 g/mol. The van der Waals surface area contributed by atoms with Crippen molar-refractivity contribution >= 4 is 45.6 Å². The lowest BCUT2D eigenvalue weighted by atomic mass is 10.1. The molecule has 5 rings (SSSR count). The van der Waals surface area contributed by atoms with E-state index in [1.807, 2.05) is 17.0 Å². The topological polar surface area (TPSA) is 107 Å². The van der Waals surface area contributed by atoms with Gasteiger partial charge in [-0.05, 0) is 53.6 Å². The zero-order chi connectivity index (χ0) is 30.9. The van der Waals surface area contributed by atoms with Crippen LogP contribution in [0.1, 0.15) is 31.8 Å². The van der Waals surface area contributed by atoms with Crippen molar-refractivity contribution in [3.63, 3.8) is 0 Å². The SMILES string of the molecule is O=C(Nc1ccc(Br)cc1C(=O)NN=Cc1cccc(F)c1)c1ccc(CN2CCN(CC(=O)N3CCOCC3)CC2)cc1. The Morgan fingerprint density at radius 1 is 0.886 bits per heavy atom. The summed E-state index contributed by atoms with van der Waals surface area (Å²) in [5.41, 5.74) is 5.00. The molecule has 2 saturated heterocycles. The van der Waals surface area contributed by atoms with E-state index in [1.165, 1.54) is 18.3 Å². The maximum Gasteiger partial charge on any atom is 0.273 e. The van der Waals surface area contributed by atoms with Gasteiger partial charge in [0, 0.05) is 55.8 Å². The maximum absolute atomic E-state index is 13.4. The minimum atomic E-state index is -0.532. The molecule has 44 heavy (non-hydrogen) atoms. The van der Waals surface area contributed by atoms with Gasteiger partial charge in [0.15, 0.2) is 0 Å². The van der Waals surface area contributed by atoms with Gasteiger partial charge >= 0.3 is 0 Å². The fraction of sp³-hybridized carbons (Fsp3) is 0.312. The van der Waals surface area contributed by atoms with E-state index in [0.717, 1.165) is 38.3 Å². The number of piperazine rings is 1. The van der Waals surface area contributed by atoms with E-state index in [1.54, 1.807) is 42.5 Å². The average molecular weight is 666 g/mol. The van der Waals surface area contributed by atoms with Gasteiger partial charge < -0.3 is 15.0 Å². The van der Waals surface area contributed by atoms with Crippen molar-refractivity contribution < 1.29 is 23.5 Å². The highest BCUT2D eigenvalue weighted by atomic mass is 79.9. The number of carbonyl (C=O) groups excluding carboxylic acids is 3. The van der Waals surface area contributed by atoms with Crippen LogP contribution in [0.25, 0.3) is 0 Å². The molecular weight excluding hydrogens is 631 g/mol. The molecule has 3 aromatic carbocycles. The van der Waals surface area contributed by atoms with E-state index in [9.17, 15) is 18.8 Å². The molecule has 10 nitrogen and oxygen atoms in total. The number of hydrazone groups is 1. The van der Waals surface area contributed by atoms with Crippen LogP contribution in [-0.2, 0) is 16.1 Å². The molecule has 3 aromatic rings. The molecule has 0 radical (unpaired) electrons. The fourth-order valence-corrected chi connectivity index (χ4v) is 5.41. The van der Waals surface area contributed by atoms with E-state index in [-0.39, 0.29) is 17.4 Å². The zero-order valence-corrected chi connectivity index (χ0v) is 25.8. The predicted octanol–water partition coefficient (Wildman–Crippen LogP) is 3.58. The van der Waals surface area contributed by atoms with E-state index in [0.29, 0.717) is 54.1 Å². The summed E-state index contributed by atoms with van der Waals surface area (Å²) in [6, 6.07) is 18.2. The second-order valence-corrected chi connectivity index (χ2v) is 11.6. The first-order chi connectivity index (χ1) is 21.3. The first-order valence-electron chi connectivity index (χ1n) is 14.4. The fourth-order valence-electron chi connectivity index (χ4n) is 5.05. The number of carbonyl (C=O) groups is 3. The molecule has 230 valence electrons. The predicted molar refractivity (Wildman–Crippen MR) is 169 cm³/mol. The third-order valence-corrected chi connectivity index (χ3v) is 8.01. The molecule has 3 amide bonds. The molecule has 2 N–H and O–H groups in total. The average Bonchev–Trinajstić information content (AvgIpc) is 3.03. The van der Waals surface area contributed by atoms with Crippen molar-refractivity contribution in [1.29, 1.82) is 0 Å². The van der Waals surface area contributed by atoms with E-state index < -0.39 is 11.7 Å². The Morgan fingerprint density at radius 2 is 1.61 bits per heavy atom. The van der Waals surface area contributed by atoms with Gasteiger partial charge in [0.1, 0.15) is 5.82 Å². The number of ether oxygens (including phenoxy) is 1. The molecule has 0 atom stereocenters. The Morgan fingerprint density at radius 3 is 2.34 bits per heavy atom. The van der Waals surface area contributed by atoms with Gasteiger partial charge in [-0.25, -0.2) is 9.82 Å². The Hall–Kier alpha value is -3.97. The smallest absolute Gasteiger partial charge is 0.273 e. The first kappa shape index (κ1) is 31.5. The summed E-state index contributed by atoms with van der Waals surface area (Å²) in [6.45, 7) is 7.13. The van der Waals surface area contributed by atoms with Crippen molar-refractivity contribution in [3.05, 3.63) is 99.3 Å². The highest BCUT2D eigenvalue weighted by Crippen LogP contribution is 2.22. The molecule has 0 aliphatic carbocycles. The second kappa shape index (κ2) is 15.2. The summed E-state index contributed by atoms with van der Waals surface area (Å²) < 4.78 is 19.4. The van der Waals surface area contributed by atoms with Crippen LogP contribution in [0.15, 0.2) is 76.3 Å². The maximum atomic E-state index is 13.4. The Kier molecular flexibility index (Phi) is 10.8. The summed E-state index contributed by atoms with van der Waals surface area (Å²) in [5, 5.41) is 6.73. The standard InChI is InChI=1S/C32H34BrFN6O4/c33-26-8-9-29(28(19-26)32(43)37-35-20-24-2-1-3-27(34)18-24)36-31(42)25-6-4-23(5-7-25)21-38-10-12-39(13-11-38)22-30(41)40-14-16-44-17-15-40/h1-9,18-20H,10-17,21-22H2,(H,36,42)(H,37,43). The third kappa shape index (κ3) is 8.79. The molecule has 0 aromatic heterocycles. The lowest BCUT2D eigenvalue weighted by Gasteiger charge is -2.36. The van der Waals surface area contributed by atoms with Crippen LogP contribution >= 0.6 is 15.9 Å². The second-order valence-electron chi connectivity index (χ2n) is 10.6. The van der Waals surface area contributed by atoms with Gasteiger partial charge in [-0.1, -0.05) is 40.2 Å². The number of hydrogen-bond donors (Lipinski definition) is 2. The highest BCUT2D eigenvalue weighted by molar-refractivity contribution is 9.10. The van der Waals surface area contributed by atoms with Gasteiger partial charge in [0.05, 0.1) is 37.2 Å². The lowest BCUT2D eigenvalue weighted by Crippen LogP contribution is -2.51. The largest absolute Gasteiger partial charge is 0.378 e. The number of nitrogens with zero attached hydrogens (tertiary/aromatic N) is 4. The number of anilines is 1. The normalized spacial score (nSPS) is 16.2. The molecule has 2 heterocycles. The van der Waals surface area contributed by atoms with Gasteiger partial charge in [-0.15, -0.1) is 0 Å². The molecule has 12 heteroatoms. The highest BCUT2D eigenvalue weighted by Gasteiger charge is 2.23. The molecule has 2 aliphatic heterocycles. The van der Waals surface area contributed by atoms with Crippen molar-refractivity contribution in [2.24, 2.45) is 5.10 Å². The number of hydrogen-bond acceptors (Lipinski definition) is 7. The number of nitrogens with one attached hydrogen (secondary N) is 2. The van der Waals surface area contributed by atoms with Gasteiger partial charge in [0.25, 0.3) is 11.8 Å². The Bertz CT molecular complexity index is 1500. The summed E-state index contributed by atoms with van der Waals surface area (Å²) >= 11 is 3.37. The summed E-state index contributed by atoms with van der Waals surface area (Å²) in [5.74, 6) is -1.12. The van der Waals surface area contributed by atoms with Crippen LogP contribution in [0.5, 0.6) is 0 Å². The van der Waals surface area contributed by atoms with Crippen molar-refractivity contribution in [2.45, 2.75) is 6.54 Å². The minimum Gasteiger partial charge on any atom is -0.378 e. The van der Waals surface area contributed by atoms with Crippen LogP contribution in [0.4, 0.5) is 10.1 Å². The molecule has 0 saturated carbocycles. The lowest BCUT2D eigenvalue weighted by molar-refractivity contribution is -0.136. The van der Waals surface area contributed by atoms with Crippen LogP contribution in [0.3, 0.4) is 0 Å². The minimum absolute atomic E-state index is 0.167. The number of rotatable bonds is 9. The van der Waals surface area contributed by atoms with Crippen LogP contribution in [0.2, 0.25) is 0 Å². The van der Waals surface area contributed by atoms with Crippen LogP contribution in [-0.4, -0.2) is 97.7 Å². The molecule has 0 unspecified atom stereocenters. The van der Waals surface area contributed by atoms with Gasteiger partial charge in [0.2, 0.25) is 5.91 Å². The first-order valence-corrected chi connectivity index (χ1v) is 15.2. The van der Waals surface area contributed by atoms with Crippen LogP contribution in [0, 0.1) is 5.82 Å². The van der Waals surface area contributed by atoms with E-state index >= 15 is 0 Å². The number of morpholine rings is 1. The quantitative estimate of drug-likeness (QED) is 0.268. The summed E-state index contributed by atoms with van der Waals surface area (Å²) in [4.78, 5) is 44.9. The van der Waals surface area contributed by atoms with Gasteiger partial charge in [-0.2, -0.15) is 5.10 Å². The zero-order valence-electron chi connectivity index (χ0n) is 24.2. The van der Waals surface area contributed by atoms with Crippen molar-refractivity contribution in [2.75, 3.05) is 64.3 Å². The number of benzene rings is 3. The number of amides is 3. The molecule has 2 fully saturated rings. The van der Waals surface area contributed by atoms with Crippen molar-refractivity contribution in [1.82, 2.24) is 20.1 Å². The van der Waals surface area contributed by atoms with E-state index in [2.05, 4.69) is 41.6 Å². The summed E-state index contributed by atoms with van der Waals surface area (Å²) in [7, 11) is 0. The van der Waals surface area contributed by atoms with Crippen molar-refractivity contribution in [3.8, 4) is 0 Å². The number of halogens is 2. The third-order valence-electron chi connectivity index (χ3n) is 7.51. The Balaban J connectivity index is 1.12. The Labute approximate surface area is 264 Å².